The zero-order valence-corrected chi connectivity index (χ0v) is 34.6. The molecular formula is C41H75O13P. The van der Waals surface area contributed by atoms with Gasteiger partial charge in [-0.05, 0) is 64.2 Å². The molecule has 55 heavy (non-hydrogen) atoms. The van der Waals surface area contributed by atoms with Crippen molar-refractivity contribution in [3.8, 4) is 0 Å². The van der Waals surface area contributed by atoms with Gasteiger partial charge in [0, 0.05) is 12.8 Å². The highest BCUT2D eigenvalue weighted by atomic mass is 31.2. The summed E-state index contributed by atoms with van der Waals surface area (Å²) in [5, 5.41) is 50.0. The van der Waals surface area contributed by atoms with Gasteiger partial charge in [0.1, 0.15) is 43.2 Å². The standard InChI is InChI=1S/C41H75O13P/c1-3-5-7-9-11-13-15-17-19-21-23-25-27-29-34(42)51-31-33(32-52-55(49,50)54-41-39(47)37(45)36(44)38(46)40(41)48)53-35(43)30-28-26-24-22-20-18-16-14-12-10-8-6-4-2/h13-16,33,36-41,44-48H,3-12,17-32H2,1-2H3,(H,49,50)/b15-13+,16-14+/t33-,36?,37-,38?,39?,40?,41?/m1/s1. The van der Waals surface area contributed by atoms with E-state index in [0.717, 1.165) is 77.0 Å². The highest BCUT2D eigenvalue weighted by molar-refractivity contribution is 7.47. The van der Waals surface area contributed by atoms with E-state index in [9.17, 15) is 44.6 Å². The van der Waals surface area contributed by atoms with Crippen molar-refractivity contribution in [2.24, 2.45) is 0 Å². The highest BCUT2D eigenvalue weighted by Crippen LogP contribution is 2.47. The van der Waals surface area contributed by atoms with Gasteiger partial charge in [0.25, 0.3) is 0 Å². The van der Waals surface area contributed by atoms with Crippen LogP contribution in [0.3, 0.4) is 0 Å². The normalized spacial score (nSPS) is 23.3. The van der Waals surface area contributed by atoms with Gasteiger partial charge in [-0.1, -0.05) is 115 Å². The largest absolute Gasteiger partial charge is 0.472 e. The maximum absolute atomic E-state index is 12.8. The van der Waals surface area contributed by atoms with E-state index in [2.05, 4.69) is 38.2 Å². The second-order valence-corrected chi connectivity index (χ2v) is 16.2. The third kappa shape index (κ3) is 25.3. The first-order valence-electron chi connectivity index (χ1n) is 21.1. The van der Waals surface area contributed by atoms with Crippen LogP contribution in [0.25, 0.3) is 0 Å². The van der Waals surface area contributed by atoms with E-state index in [0.29, 0.717) is 12.8 Å². The number of aliphatic hydroxyl groups excluding tert-OH is 5. The van der Waals surface area contributed by atoms with Crippen molar-refractivity contribution >= 4 is 19.8 Å². The van der Waals surface area contributed by atoms with Crippen molar-refractivity contribution in [1.29, 1.82) is 0 Å². The van der Waals surface area contributed by atoms with Crippen molar-refractivity contribution in [3.63, 3.8) is 0 Å². The second-order valence-electron chi connectivity index (χ2n) is 14.8. The van der Waals surface area contributed by atoms with Crippen LogP contribution in [0.5, 0.6) is 0 Å². The Bertz CT molecular complexity index is 1070. The van der Waals surface area contributed by atoms with Gasteiger partial charge in [0.15, 0.2) is 6.10 Å². The summed E-state index contributed by atoms with van der Waals surface area (Å²) in [6.45, 7) is 3.23. The fourth-order valence-corrected chi connectivity index (χ4v) is 7.25. The number of allylic oxidation sites excluding steroid dienone is 4. The fraction of sp³-hybridized carbons (Fsp3) is 0.854. The molecule has 1 fully saturated rings. The molecule has 0 aromatic carbocycles. The summed E-state index contributed by atoms with van der Waals surface area (Å²) in [5.74, 6) is -1.12. The lowest BCUT2D eigenvalue weighted by Crippen LogP contribution is -2.64. The Labute approximate surface area is 330 Å². The first kappa shape index (κ1) is 51.3. The topological polar surface area (TPSA) is 210 Å². The Hall–Kier alpha value is -1.67. The van der Waals surface area contributed by atoms with Gasteiger partial charge >= 0.3 is 19.8 Å². The van der Waals surface area contributed by atoms with Gasteiger partial charge in [-0.2, -0.15) is 0 Å². The van der Waals surface area contributed by atoms with Crippen molar-refractivity contribution in [3.05, 3.63) is 24.3 Å². The molecule has 0 bridgehead atoms. The van der Waals surface area contributed by atoms with E-state index in [1.807, 2.05) is 0 Å². The average Bonchev–Trinajstić information content (AvgIpc) is 3.16. The van der Waals surface area contributed by atoms with Crippen LogP contribution in [0.2, 0.25) is 0 Å². The third-order valence-corrected chi connectivity index (χ3v) is 10.8. The molecular weight excluding hydrogens is 731 g/mol. The molecule has 14 heteroatoms. The highest BCUT2D eigenvalue weighted by Gasteiger charge is 2.51. The summed E-state index contributed by atoms with van der Waals surface area (Å²) < 4.78 is 33.4. The second kappa shape index (κ2) is 32.3. The van der Waals surface area contributed by atoms with Gasteiger partial charge in [-0.25, -0.2) is 4.57 Å². The number of hydrogen-bond acceptors (Lipinski definition) is 12. The van der Waals surface area contributed by atoms with E-state index in [-0.39, 0.29) is 12.8 Å². The first-order valence-corrected chi connectivity index (χ1v) is 22.6. The monoisotopic (exact) mass is 806 g/mol. The number of aliphatic hydroxyl groups is 5. The number of carbonyl (C=O) groups excluding carboxylic acids is 2. The van der Waals surface area contributed by atoms with E-state index < -0.39 is 75.7 Å². The van der Waals surface area contributed by atoms with Crippen molar-refractivity contribution < 1.29 is 63.1 Å². The summed E-state index contributed by atoms with van der Waals surface area (Å²) in [5.41, 5.74) is 0. The Morgan fingerprint density at radius 3 is 1.38 bits per heavy atom. The molecule has 1 saturated carbocycles. The van der Waals surface area contributed by atoms with E-state index in [4.69, 9.17) is 18.5 Å². The van der Waals surface area contributed by atoms with Crippen LogP contribution in [0.1, 0.15) is 168 Å². The zero-order valence-electron chi connectivity index (χ0n) is 33.7. The number of phosphoric acid groups is 1. The number of ether oxygens (including phenoxy) is 2. The molecule has 0 spiro atoms. The minimum absolute atomic E-state index is 0.0860. The molecule has 1 aliphatic carbocycles. The van der Waals surface area contributed by atoms with Crippen LogP contribution in [0.15, 0.2) is 24.3 Å². The van der Waals surface area contributed by atoms with Gasteiger partial charge in [0.05, 0.1) is 6.61 Å². The maximum atomic E-state index is 12.8. The number of esters is 2. The van der Waals surface area contributed by atoms with Crippen molar-refractivity contribution in [1.82, 2.24) is 0 Å². The van der Waals surface area contributed by atoms with Crippen LogP contribution < -0.4 is 0 Å². The van der Waals surface area contributed by atoms with E-state index in [1.165, 1.54) is 51.4 Å². The Morgan fingerprint density at radius 2 is 0.927 bits per heavy atom. The van der Waals surface area contributed by atoms with Gasteiger partial charge in [-0.3, -0.25) is 18.6 Å². The summed E-state index contributed by atoms with van der Waals surface area (Å²) in [6, 6.07) is 0. The molecule has 0 saturated heterocycles. The molecule has 13 nitrogen and oxygen atoms in total. The first-order chi connectivity index (χ1) is 26.4. The molecule has 0 heterocycles. The van der Waals surface area contributed by atoms with Crippen molar-refractivity contribution in [2.75, 3.05) is 13.2 Å². The Kier molecular flexibility index (Phi) is 30.2. The molecule has 6 unspecified atom stereocenters. The van der Waals surface area contributed by atoms with Crippen LogP contribution >= 0.6 is 7.82 Å². The summed E-state index contributed by atoms with van der Waals surface area (Å²) >= 11 is 0. The predicted molar refractivity (Wildman–Crippen MR) is 212 cm³/mol. The van der Waals surface area contributed by atoms with Gasteiger partial charge in [-0.15, -0.1) is 0 Å². The number of carbonyl (C=O) groups is 2. The fourth-order valence-electron chi connectivity index (χ4n) is 6.28. The molecule has 1 aliphatic rings. The Balaban J connectivity index is 2.52. The predicted octanol–water partition coefficient (Wildman–Crippen LogP) is 7.28. The Morgan fingerprint density at radius 1 is 0.545 bits per heavy atom. The lowest BCUT2D eigenvalue weighted by molar-refractivity contribution is -0.220. The molecule has 0 amide bonds. The number of unbranched alkanes of at least 4 members (excludes halogenated alkanes) is 18. The zero-order chi connectivity index (χ0) is 40.7. The van der Waals surface area contributed by atoms with Crippen LogP contribution in [0, 0.1) is 0 Å². The minimum Gasteiger partial charge on any atom is -0.462 e. The van der Waals surface area contributed by atoms with E-state index in [1.54, 1.807) is 0 Å². The SMILES string of the molecule is CCCCCC/C=C/CCCCCCCC(=O)OC[C@H](COP(=O)(O)OC1C(O)C(O)C(O)[C@@H](O)C1O)OC(=O)CCCCCCC/C=C/CCCCCC. The quantitative estimate of drug-likeness (QED) is 0.0164. The minimum atomic E-state index is -5.11. The summed E-state index contributed by atoms with van der Waals surface area (Å²) in [7, 11) is -5.11. The van der Waals surface area contributed by atoms with Gasteiger partial charge in [0.2, 0.25) is 0 Å². The number of phosphoric ester groups is 1. The van der Waals surface area contributed by atoms with Gasteiger partial charge < -0.3 is 39.9 Å². The smallest absolute Gasteiger partial charge is 0.462 e. The van der Waals surface area contributed by atoms with Crippen LogP contribution in [-0.2, 0) is 32.7 Å². The third-order valence-electron chi connectivity index (χ3n) is 9.77. The number of hydrogen-bond donors (Lipinski definition) is 6. The van der Waals surface area contributed by atoms with Crippen LogP contribution in [-0.4, -0.2) is 98.3 Å². The molecule has 8 atom stereocenters. The molecule has 322 valence electrons. The molecule has 6 N–H and O–H groups in total. The number of rotatable bonds is 34. The molecule has 1 rings (SSSR count). The molecule has 0 aromatic rings. The lowest BCUT2D eigenvalue weighted by Gasteiger charge is -2.41. The summed E-state index contributed by atoms with van der Waals surface area (Å²) in [4.78, 5) is 35.5. The molecule has 0 radical (unpaired) electrons. The molecule has 0 aliphatic heterocycles. The molecule has 0 aromatic heterocycles. The van der Waals surface area contributed by atoms with E-state index >= 15 is 0 Å². The lowest BCUT2D eigenvalue weighted by atomic mass is 9.85. The summed E-state index contributed by atoms with van der Waals surface area (Å²) in [6.07, 6.45) is 19.6. The van der Waals surface area contributed by atoms with Crippen molar-refractivity contribution in [2.45, 2.75) is 211 Å². The van der Waals surface area contributed by atoms with Crippen LogP contribution in [0.4, 0.5) is 0 Å². The average molecular weight is 807 g/mol. The maximum Gasteiger partial charge on any atom is 0.472 e.